The average Bonchev–Trinajstić information content (AvgIpc) is 3.60. The van der Waals surface area contributed by atoms with E-state index in [9.17, 15) is 4.79 Å². The van der Waals surface area contributed by atoms with Crippen LogP contribution in [0, 0.1) is 0 Å². The SMILES string of the molecule is O=C(CCc1ncc(-c2ccccc2Cl)o1)N1CCN(Cc2nc(-c3cccs3)no2)CC1. The van der Waals surface area contributed by atoms with Gasteiger partial charge in [-0.25, -0.2) is 4.98 Å². The summed E-state index contributed by atoms with van der Waals surface area (Å²) >= 11 is 7.80. The Morgan fingerprint density at radius 1 is 1.09 bits per heavy atom. The maximum atomic E-state index is 12.7. The molecule has 8 nitrogen and oxygen atoms in total. The summed E-state index contributed by atoms with van der Waals surface area (Å²) < 4.78 is 11.2. The molecule has 1 aliphatic heterocycles. The molecule has 1 amide bonds. The van der Waals surface area contributed by atoms with Gasteiger partial charge in [0.1, 0.15) is 0 Å². The first-order valence-corrected chi connectivity index (χ1v) is 12.0. The fraction of sp³-hybridized carbons (Fsp3) is 0.304. The van der Waals surface area contributed by atoms with Gasteiger partial charge in [-0.1, -0.05) is 35.0 Å². The van der Waals surface area contributed by atoms with E-state index in [1.165, 1.54) is 0 Å². The van der Waals surface area contributed by atoms with Crippen LogP contribution in [0.5, 0.6) is 0 Å². The number of thiophene rings is 1. The van der Waals surface area contributed by atoms with Crippen molar-refractivity contribution in [1.82, 2.24) is 24.9 Å². The lowest BCUT2D eigenvalue weighted by Crippen LogP contribution is -2.48. The van der Waals surface area contributed by atoms with Crippen LogP contribution in [-0.4, -0.2) is 57.0 Å². The minimum atomic E-state index is 0.102. The van der Waals surface area contributed by atoms with Gasteiger partial charge in [-0.15, -0.1) is 11.3 Å². The number of aromatic nitrogens is 3. The van der Waals surface area contributed by atoms with Crippen molar-refractivity contribution in [1.29, 1.82) is 0 Å². The van der Waals surface area contributed by atoms with E-state index in [4.69, 9.17) is 20.5 Å². The lowest BCUT2D eigenvalue weighted by atomic mass is 10.2. The van der Waals surface area contributed by atoms with Crippen LogP contribution in [0.3, 0.4) is 0 Å². The fourth-order valence-corrected chi connectivity index (χ4v) is 4.63. The van der Waals surface area contributed by atoms with Crippen molar-refractivity contribution >= 4 is 28.8 Å². The van der Waals surface area contributed by atoms with Gasteiger partial charge >= 0.3 is 0 Å². The van der Waals surface area contributed by atoms with Crippen LogP contribution >= 0.6 is 22.9 Å². The number of aryl methyl sites for hydroxylation is 1. The van der Waals surface area contributed by atoms with Crippen molar-refractivity contribution in [3.63, 3.8) is 0 Å². The first-order chi connectivity index (χ1) is 16.2. The number of nitrogens with zero attached hydrogens (tertiary/aromatic N) is 5. The Hall–Kier alpha value is -3.01. The minimum Gasteiger partial charge on any atom is -0.441 e. The molecule has 1 saturated heterocycles. The standard InChI is InChI=1S/C23H22ClN5O3S/c24-17-5-2-1-4-16(17)18-14-25-20(31-18)7-8-22(30)29-11-9-28(10-12-29)15-21-26-23(27-32-21)19-6-3-13-33-19/h1-6,13-14H,7-12,15H2. The number of piperazine rings is 1. The van der Waals surface area contributed by atoms with Gasteiger partial charge in [0.2, 0.25) is 17.6 Å². The molecule has 0 bridgehead atoms. The first kappa shape index (κ1) is 21.8. The highest BCUT2D eigenvalue weighted by molar-refractivity contribution is 7.13. The lowest BCUT2D eigenvalue weighted by molar-refractivity contribution is -0.133. The monoisotopic (exact) mass is 483 g/mol. The Labute approximate surface area is 199 Å². The van der Waals surface area contributed by atoms with Gasteiger partial charge in [0.25, 0.3) is 0 Å². The highest BCUT2D eigenvalue weighted by atomic mass is 35.5. The molecule has 1 aromatic carbocycles. The first-order valence-electron chi connectivity index (χ1n) is 10.7. The summed E-state index contributed by atoms with van der Waals surface area (Å²) in [7, 11) is 0. The zero-order chi connectivity index (χ0) is 22.6. The van der Waals surface area contributed by atoms with Crippen molar-refractivity contribution in [3.8, 4) is 22.0 Å². The molecule has 0 radical (unpaired) electrons. The number of rotatable bonds is 7. The predicted molar refractivity (Wildman–Crippen MR) is 125 cm³/mol. The molecule has 3 aromatic heterocycles. The Balaban J connectivity index is 1.09. The van der Waals surface area contributed by atoms with E-state index in [0.29, 0.717) is 60.9 Å². The van der Waals surface area contributed by atoms with Crippen LogP contribution < -0.4 is 0 Å². The Morgan fingerprint density at radius 2 is 1.94 bits per heavy atom. The molecule has 33 heavy (non-hydrogen) atoms. The molecular formula is C23H22ClN5O3S. The summed E-state index contributed by atoms with van der Waals surface area (Å²) in [4.78, 5) is 26.6. The molecule has 170 valence electrons. The van der Waals surface area contributed by atoms with E-state index in [1.54, 1.807) is 17.5 Å². The molecule has 0 N–H and O–H groups in total. The minimum absolute atomic E-state index is 0.102. The van der Waals surface area contributed by atoms with E-state index >= 15 is 0 Å². The quantitative estimate of drug-likeness (QED) is 0.385. The second-order valence-corrected chi connectivity index (χ2v) is 9.10. The van der Waals surface area contributed by atoms with Gasteiger partial charge in [-0.05, 0) is 23.6 Å². The second-order valence-electron chi connectivity index (χ2n) is 7.74. The van der Waals surface area contributed by atoms with Crippen LogP contribution in [0.15, 0.2) is 56.9 Å². The van der Waals surface area contributed by atoms with Crippen LogP contribution in [0.2, 0.25) is 5.02 Å². The summed E-state index contributed by atoms with van der Waals surface area (Å²) in [6, 6.07) is 11.4. The third-order valence-corrected chi connectivity index (χ3v) is 6.73. The Morgan fingerprint density at radius 3 is 2.73 bits per heavy atom. The van der Waals surface area contributed by atoms with E-state index in [0.717, 1.165) is 23.5 Å². The van der Waals surface area contributed by atoms with E-state index in [1.807, 2.05) is 46.7 Å². The smallest absolute Gasteiger partial charge is 0.241 e. The van der Waals surface area contributed by atoms with Crippen LogP contribution in [-0.2, 0) is 17.8 Å². The second kappa shape index (κ2) is 9.86. The largest absolute Gasteiger partial charge is 0.441 e. The lowest BCUT2D eigenvalue weighted by Gasteiger charge is -2.33. The number of benzene rings is 1. The van der Waals surface area contributed by atoms with Crippen molar-refractivity contribution in [2.24, 2.45) is 0 Å². The predicted octanol–water partition coefficient (Wildman–Crippen LogP) is 4.38. The number of carbonyl (C=O) groups is 1. The molecule has 0 atom stereocenters. The van der Waals surface area contributed by atoms with Gasteiger partial charge in [-0.2, -0.15) is 4.98 Å². The fourth-order valence-electron chi connectivity index (χ4n) is 3.76. The molecule has 4 aromatic rings. The summed E-state index contributed by atoms with van der Waals surface area (Å²) in [5, 5.41) is 6.65. The third-order valence-electron chi connectivity index (χ3n) is 5.54. The maximum Gasteiger partial charge on any atom is 0.241 e. The molecule has 0 unspecified atom stereocenters. The Kier molecular flexibility index (Phi) is 6.52. The number of oxazole rings is 1. The number of halogens is 1. The number of amides is 1. The van der Waals surface area contributed by atoms with Crippen molar-refractivity contribution in [3.05, 3.63) is 64.8 Å². The molecule has 0 spiro atoms. The van der Waals surface area contributed by atoms with Crippen molar-refractivity contribution in [2.45, 2.75) is 19.4 Å². The van der Waals surface area contributed by atoms with Gasteiger partial charge in [0.05, 0.1) is 22.6 Å². The van der Waals surface area contributed by atoms with E-state index in [2.05, 4.69) is 20.0 Å². The molecule has 1 aliphatic rings. The van der Waals surface area contributed by atoms with Crippen LogP contribution in [0.4, 0.5) is 0 Å². The Bertz CT molecular complexity index is 1210. The number of hydrogen-bond acceptors (Lipinski definition) is 8. The average molecular weight is 484 g/mol. The van der Waals surface area contributed by atoms with Crippen LogP contribution in [0.25, 0.3) is 22.0 Å². The zero-order valence-electron chi connectivity index (χ0n) is 17.8. The molecular weight excluding hydrogens is 462 g/mol. The van der Waals surface area contributed by atoms with Gasteiger partial charge in [0.15, 0.2) is 11.7 Å². The van der Waals surface area contributed by atoms with Gasteiger partial charge in [-0.3, -0.25) is 9.69 Å². The molecule has 1 fully saturated rings. The normalized spacial score (nSPS) is 14.6. The summed E-state index contributed by atoms with van der Waals surface area (Å²) in [6.45, 7) is 3.44. The molecule has 0 saturated carbocycles. The summed E-state index contributed by atoms with van der Waals surface area (Å²) in [5.74, 6) is 2.47. The number of carbonyl (C=O) groups excluding carboxylic acids is 1. The summed E-state index contributed by atoms with van der Waals surface area (Å²) in [5.41, 5.74) is 0.795. The number of hydrogen-bond donors (Lipinski definition) is 0. The summed E-state index contributed by atoms with van der Waals surface area (Å²) in [6.07, 6.45) is 2.47. The van der Waals surface area contributed by atoms with Gasteiger partial charge in [0, 0.05) is 44.6 Å². The molecule has 4 heterocycles. The molecule has 10 heteroatoms. The zero-order valence-corrected chi connectivity index (χ0v) is 19.4. The van der Waals surface area contributed by atoms with Crippen molar-refractivity contribution in [2.75, 3.05) is 26.2 Å². The van der Waals surface area contributed by atoms with Crippen molar-refractivity contribution < 1.29 is 13.7 Å². The van der Waals surface area contributed by atoms with E-state index in [-0.39, 0.29) is 5.91 Å². The maximum absolute atomic E-state index is 12.7. The topological polar surface area (TPSA) is 88.5 Å². The third kappa shape index (κ3) is 5.16. The molecule has 5 rings (SSSR count). The highest BCUT2D eigenvalue weighted by Crippen LogP contribution is 2.28. The van der Waals surface area contributed by atoms with Gasteiger partial charge < -0.3 is 13.8 Å². The molecule has 0 aliphatic carbocycles. The van der Waals surface area contributed by atoms with E-state index < -0.39 is 0 Å². The van der Waals surface area contributed by atoms with Crippen LogP contribution in [0.1, 0.15) is 18.2 Å². The highest BCUT2D eigenvalue weighted by Gasteiger charge is 2.23.